The van der Waals surface area contributed by atoms with E-state index in [1.54, 1.807) is 12.1 Å². The molecule has 1 unspecified atom stereocenters. The molecular formula is C13H15N3O. The number of nitrogens with two attached hydrogens (primary N) is 1. The second-order valence-electron chi connectivity index (χ2n) is 4.35. The number of benzene rings is 1. The van der Waals surface area contributed by atoms with Crippen LogP contribution in [0.25, 0.3) is 0 Å². The van der Waals surface area contributed by atoms with Crippen molar-refractivity contribution in [3.05, 3.63) is 29.8 Å². The van der Waals surface area contributed by atoms with E-state index >= 15 is 0 Å². The Balaban J connectivity index is 2.11. The molecule has 0 aliphatic carbocycles. The first-order valence-corrected chi connectivity index (χ1v) is 5.75. The normalized spacial score (nSPS) is 19.7. The van der Waals surface area contributed by atoms with Gasteiger partial charge in [0, 0.05) is 18.8 Å². The summed E-state index contributed by atoms with van der Waals surface area (Å²) in [6, 6.07) is 9.52. The first-order chi connectivity index (χ1) is 8.20. The van der Waals surface area contributed by atoms with E-state index in [0.717, 1.165) is 25.1 Å². The van der Waals surface area contributed by atoms with Crippen molar-refractivity contribution < 1.29 is 4.79 Å². The van der Waals surface area contributed by atoms with Crippen molar-refractivity contribution >= 4 is 11.6 Å². The van der Waals surface area contributed by atoms with E-state index in [1.807, 2.05) is 12.1 Å². The summed E-state index contributed by atoms with van der Waals surface area (Å²) in [5, 5.41) is 8.73. The molecule has 0 radical (unpaired) electrons. The van der Waals surface area contributed by atoms with Crippen molar-refractivity contribution in [2.75, 3.05) is 18.0 Å². The van der Waals surface area contributed by atoms with E-state index in [-0.39, 0.29) is 11.8 Å². The van der Waals surface area contributed by atoms with E-state index < -0.39 is 0 Å². The summed E-state index contributed by atoms with van der Waals surface area (Å²) < 4.78 is 0. The fourth-order valence-electron chi connectivity index (χ4n) is 2.19. The number of rotatable bonds is 2. The molecule has 1 atom stereocenters. The molecule has 88 valence electrons. The fourth-order valence-corrected chi connectivity index (χ4v) is 2.19. The lowest BCUT2D eigenvalue weighted by molar-refractivity contribution is -0.122. The van der Waals surface area contributed by atoms with Crippen LogP contribution < -0.4 is 10.6 Å². The van der Waals surface area contributed by atoms with Crippen LogP contribution in [-0.2, 0) is 4.79 Å². The van der Waals surface area contributed by atoms with Gasteiger partial charge in [-0.1, -0.05) is 0 Å². The summed E-state index contributed by atoms with van der Waals surface area (Å²) in [6.45, 7) is 1.62. The predicted molar refractivity (Wildman–Crippen MR) is 65.3 cm³/mol. The molecule has 1 heterocycles. The summed E-state index contributed by atoms with van der Waals surface area (Å²) in [4.78, 5) is 13.3. The zero-order valence-corrected chi connectivity index (χ0v) is 9.60. The Morgan fingerprint density at radius 3 is 2.71 bits per heavy atom. The molecule has 1 aliphatic heterocycles. The molecule has 0 bridgehead atoms. The highest BCUT2D eigenvalue weighted by atomic mass is 16.1. The van der Waals surface area contributed by atoms with Crippen LogP contribution in [0.4, 0.5) is 5.69 Å². The number of hydrogen-bond donors (Lipinski definition) is 1. The number of hydrogen-bond acceptors (Lipinski definition) is 3. The van der Waals surface area contributed by atoms with Crippen LogP contribution in [0, 0.1) is 17.2 Å². The summed E-state index contributed by atoms with van der Waals surface area (Å²) in [5.41, 5.74) is 7.05. The molecule has 0 aromatic heterocycles. The van der Waals surface area contributed by atoms with Crippen molar-refractivity contribution in [1.29, 1.82) is 5.26 Å². The third kappa shape index (κ3) is 2.56. The minimum absolute atomic E-state index is 0.0561. The average molecular weight is 229 g/mol. The minimum Gasteiger partial charge on any atom is -0.371 e. The Bertz CT molecular complexity index is 447. The van der Waals surface area contributed by atoms with Gasteiger partial charge < -0.3 is 10.6 Å². The van der Waals surface area contributed by atoms with Crippen LogP contribution in [0.3, 0.4) is 0 Å². The molecule has 0 saturated carbocycles. The molecule has 1 fully saturated rings. The minimum atomic E-state index is -0.219. The van der Waals surface area contributed by atoms with Gasteiger partial charge in [-0.05, 0) is 37.1 Å². The highest BCUT2D eigenvalue weighted by molar-refractivity contribution is 5.77. The number of carbonyl (C=O) groups excluding carboxylic acids is 1. The molecular weight excluding hydrogens is 214 g/mol. The topological polar surface area (TPSA) is 70.1 Å². The van der Waals surface area contributed by atoms with Crippen LogP contribution >= 0.6 is 0 Å². The van der Waals surface area contributed by atoms with E-state index in [1.165, 1.54) is 0 Å². The van der Waals surface area contributed by atoms with E-state index in [9.17, 15) is 4.79 Å². The third-order valence-electron chi connectivity index (χ3n) is 3.19. The number of anilines is 1. The smallest absolute Gasteiger partial charge is 0.222 e. The molecule has 17 heavy (non-hydrogen) atoms. The third-order valence-corrected chi connectivity index (χ3v) is 3.19. The Labute approximate surface area is 101 Å². The van der Waals surface area contributed by atoms with Gasteiger partial charge in [-0.2, -0.15) is 5.26 Å². The first-order valence-electron chi connectivity index (χ1n) is 5.75. The average Bonchev–Trinajstić information content (AvgIpc) is 2.39. The lowest BCUT2D eigenvalue weighted by Crippen LogP contribution is -2.41. The molecule has 1 amide bonds. The molecule has 1 aromatic carbocycles. The number of amides is 1. The summed E-state index contributed by atoms with van der Waals surface area (Å²) >= 11 is 0. The maximum atomic E-state index is 11.2. The number of piperidine rings is 1. The van der Waals surface area contributed by atoms with E-state index in [2.05, 4.69) is 11.0 Å². The monoisotopic (exact) mass is 229 g/mol. The van der Waals surface area contributed by atoms with Gasteiger partial charge >= 0.3 is 0 Å². The standard InChI is InChI=1S/C13H15N3O/c14-8-10-3-5-12(6-4-10)16-7-1-2-11(9-16)13(15)17/h3-6,11H,1-2,7,9H2,(H2,15,17). The number of nitrogens with zero attached hydrogens (tertiary/aromatic N) is 2. The maximum Gasteiger partial charge on any atom is 0.222 e. The van der Waals surface area contributed by atoms with Gasteiger partial charge in [0.25, 0.3) is 0 Å². The van der Waals surface area contributed by atoms with Crippen LogP contribution in [-0.4, -0.2) is 19.0 Å². The van der Waals surface area contributed by atoms with Crippen LogP contribution in [0.2, 0.25) is 0 Å². The van der Waals surface area contributed by atoms with Gasteiger partial charge in [-0.15, -0.1) is 0 Å². The Morgan fingerprint density at radius 2 is 2.12 bits per heavy atom. The molecule has 1 aliphatic rings. The van der Waals surface area contributed by atoms with Gasteiger partial charge in [-0.3, -0.25) is 4.79 Å². The Hall–Kier alpha value is -2.02. The van der Waals surface area contributed by atoms with Crippen molar-refractivity contribution in [2.45, 2.75) is 12.8 Å². The lowest BCUT2D eigenvalue weighted by Gasteiger charge is -2.33. The number of nitriles is 1. The molecule has 2 rings (SSSR count). The Kier molecular flexibility index (Phi) is 3.29. The highest BCUT2D eigenvalue weighted by Crippen LogP contribution is 2.23. The van der Waals surface area contributed by atoms with Crippen molar-refractivity contribution in [3.63, 3.8) is 0 Å². The lowest BCUT2D eigenvalue weighted by atomic mass is 9.97. The second kappa shape index (κ2) is 4.88. The second-order valence-corrected chi connectivity index (χ2v) is 4.35. The van der Waals surface area contributed by atoms with E-state index in [4.69, 9.17) is 11.0 Å². The maximum absolute atomic E-state index is 11.2. The summed E-state index contributed by atoms with van der Waals surface area (Å²) in [7, 11) is 0. The van der Waals surface area contributed by atoms with Crippen molar-refractivity contribution in [3.8, 4) is 6.07 Å². The summed E-state index contributed by atoms with van der Waals surface area (Å²) in [5.74, 6) is -0.275. The van der Waals surface area contributed by atoms with Gasteiger partial charge in [0.1, 0.15) is 0 Å². The van der Waals surface area contributed by atoms with Crippen LogP contribution in [0.15, 0.2) is 24.3 Å². The largest absolute Gasteiger partial charge is 0.371 e. The van der Waals surface area contributed by atoms with E-state index in [0.29, 0.717) is 12.1 Å². The predicted octanol–water partition coefficient (Wildman–Crippen LogP) is 1.26. The zero-order chi connectivity index (χ0) is 12.3. The zero-order valence-electron chi connectivity index (χ0n) is 9.60. The van der Waals surface area contributed by atoms with Crippen LogP contribution in [0.1, 0.15) is 18.4 Å². The number of primary amides is 1. The first kappa shape index (κ1) is 11.5. The SMILES string of the molecule is N#Cc1ccc(N2CCCC(C(N)=O)C2)cc1. The fraction of sp³-hybridized carbons (Fsp3) is 0.385. The molecule has 2 N–H and O–H groups in total. The molecule has 4 nitrogen and oxygen atoms in total. The summed E-state index contributed by atoms with van der Waals surface area (Å²) in [6.07, 6.45) is 1.86. The highest BCUT2D eigenvalue weighted by Gasteiger charge is 2.23. The van der Waals surface area contributed by atoms with Crippen LogP contribution in [0.5, 0.6) is 0 Å². The molecule has 4 heteroatoms. The van der Waals surface area contributed by atoms with Gasteiger partial charge in [0.2, 0.25) is 5.91 Å². The Morgan fingerprint density at radius 1 is 1.41 bits per heavy atom. The molecule has 0 spiro atoms. The number of carbonyl (C=O) groups is 1. The van der Waals surface area contributed by atoms with Gasteiger partial charge in [-0.25, -0.2) is 0 Å². The van der Waals surface area contributed by atoms with Gasteiger partial charge in [0.15, 0.2) is 0 Å². The quantitative estimate of drug-likeness (QED) is 0.830. The van der Waals surface area contributed by atoms with Crippen molar-refractivity contribution in [2.24, 2.45) is 11.7 Å². The van der Waals surface area contributed by atoms with Crippen molar-refractivity contribution in [1.82, 2.24) is 0 Å². The molecule has 1 aromatic rings. The van der Waals surface area contributed by atoms with Gasteiger partial charge in [0.05, 0.1) is 17.6 Å². The molecule has 1 saturated heterocycles.